The van der Waals surface area contributed by atoms with E-state index in [0.29, 0.717) is 43.4 Å². The Morgan fingerprint density at radius 3 is 2.61 bits per heavy atom. The predicted octanol–water partition coefficient (Wildman–Crippen LogP) is 2.64. The van der Waals surface area contributed by atoms with Gasteiger partial charge in [-0.15, -0.1) is 0 Å². The molecule has 3 unspecified atom stereocenters. The van der Waals surface area contributed by atoms with Crippen molar-refractivity contribution in [2.75, 3.05) is 18.5 Å². The molecule has 2 heterocycles. The number of hydrogen-bond donors (Lipinski definition) is 3. The second-order valence-electron chi connectivity index (χ2n) is 8.13. The van der Waals surface area contributed by atoms with Crippen molar-refractivity contribution in [1.29, 1.82) is 0 Å². The second-order valence-corrected chi connectivity index (χ2v) is 8.13. The van der Waals surface area contributed by atoms with Crippen LogP contribution in [0.15, 0.2) is 42.5 Å². The van der Waals surface area contributed by atoms with Crippen LogP contribution in [0.1, 0.15) is 31.4 Å². The van der Waals surface area contributed by atoms with Crippen LogP contribution in [0, 0.1) is 5.92 Å². The number of carbonyl (C=O) groups is 2. The van der Waals surface area contributed by atoms with Crippen molar-refractivity contribution >= 4 is 17.5 Å². The molecule has 0 spiro atoms. The van der Waals surface area contributed by atoms with Gasteiger partial charge in [-0.05, 0) is 35.6 Å². The summed E-state index contributed by atoms with van der Waals surface area (Å²) in [6.07, 6.45) is 1.37. The highest BCUT2D eigenvalue weighted by Gasteiger charge is 2.31. The Morgan fingerprint density at radius 2 is 1.84 bits per heavy atom. The lowest BCUT2D eigenvalue weighted by Crippen LogP contribution is -2.55. The van der Waals surface area contributed by atoms with Crippen molar-refractivity contribution in [3.05, 3.63) is 53.6 Å². The summed E-state index contributed by atoms with van der Waals surface area (Å²) in [7, 11) is 0. The number of rotatable bonds is 6. The molecular formula is C24H29N3O4. The molecule has 0 bridgehead atoms. The quantitative estimate of drug-likeness (QED) is 0.665. The largest absolute Gasteiger partial charge is 0.486 e. The molecule has 0 fully saturated rings. The van der Waals surface area contributed by atoms with Crippen LogP contribution < -0.4 is 25.4 Å². The number of ether oxygens (including phenoxy) is 2. The number of carbonyl (C=O) groups excluding carboxylic acids is 2. The molecule has 2 aliphatic heterocycles. The summed E-state index contributed by atoms with van der Waals surface area (Å²) >= 11 is 0. The Hall–Kier alpha value is -3.06. The molecule has 31 heavy (non-hydrogen) atoms. The minimum atomic E-state index is -0.635. The molecule has 0 aromatic heterocycles. The predicted molar refractivity (Wildman–Crippen MR) is 118 cm³/mol. The van der Waals surface area contributed by atoms with Crippen molar-refractivity contribution < 1.29 is 19.1 Å². The highest BCUT2D eigenvalue weighted by Crippen LogP contribution is 2.32. The van der Waals surface area contributed by atoms with E-state index in [1.54, 1.807) is 18.2 Å². The van der Waals surface area contributed by atoms with Gasteiger partial charge in [0.1, 0.15) is 19.3 Å². The van der Waals surface area contributed by atoms with Gasteiger partial charge >= 0.3 is 0 Å². The van der Waals surface area contributed by atoms with Gasteiger partial charge in [0, 0.05) is 18.3 Å². The monoisotopic (exact) mass is 423 g/mol. The van der Waals surface area contributed by atoms with Crippen molar-refractivity contribution in [3.63, 3.8) is 0 Å². The van der Waals surface area contributed by atoms with Crippen LogP contribution in [0.2, 0.25) is 0 Å². The molecule has 0 radical (unpaired) electrons. The lowest BCUT2D eigenvalue weighted by Gasteiger charge is -2.29. The van der Waals surface area contributed by atoms with Gasteiger partial charge in [-0.25, -0.2) is 0 Å². The van der Waals surface area contributed by atoms with Crippen LogP contribution in [-0.4, -0.2) is 37.1 Å². The third-order valence-corrected chi connectivity index (χ3v) is 6.00. The normalized spacial score (nSPS) is 19.0. The van der Waals surface area contributed by atoms with Crippen molar-refractivity contribution in [2.45, 2.75) is 45.3 Å². The fraction of sp³-hybridized carbons (Fsp3) is 0.417. The molecule has 164 valence electrons. The van der Waals surface area contributed by atoms with E-state index in [9.17, 15) is 9.59 Å². The summed E-state index contributed by atoms with van der Waals surface area (Å²) in [5.41, 5.74) is 2.99. The molecule has 0 aliphatic carbocycles. The van der Waals surface area contributed by atoms with Crippen LogP contribution in [0.5, 0.6) is 11.5 Å². The van der Waals surface area contributed by atoms with Crippen LogP contribution in [0.3, 0.4) is 0 Å². The van der Waals surface area contributed by atoms with Crippen molar-refractivity contribution in [1.82, 2.24) is 10.6 Å². The fourth-order valence-corrected chi connectivity index (χ4v) is 3.94. The SMILES string of the molecule is CCC(C)C(NC(=O)C1Cc2ccccc2CN1)C(=O)Nc1ccc2c(c1)OCCO2. The molecular weight excluding hydrogens is 394 g/mol. The topological polar surface area (TPSA) is 88.7 Å². The first-order chi connectivity index (χ1) is 15.0. The van der Waals surface area contributed by atoms with E-state index in [1.807, 2.05) is 26.0 Å². The van der Waals surface area contributed by atoms with Gasteiger partial charge in [-0.2, -0.15) is 0 Å². The fourth-order valence-electron chi connectivity index (χ4n) is 3.94. The summed E-state index contributed by atoms with van der Waals surface area (Å²) in [5, 5.41) is 9.19. The summed E-state index contributed by atoms with van der Waals surface area (Å²) in [5.74, 6) is 0.864. The van der Waals surface area contributed by atoms with Crippen molar-refractivity contribution in [2.24, 2.45) is 5.92 Å². The van der Waals surface area contributed by atoms with Gasteiger partial charge in [0.2, 0.25) is 11.8 Å². The summed E-state index contributed by atoms with van der Waals surface area (Å²) in [6.45, 7) is 5.62. The molecule has 7 nitrogen and oxygen atoms in total. The zero-order valence-corrected chi connectivity index (χ0v) is 17.9. The Bertz CT molecular complexity index is 962. The third-order valence-electron chi connectivity index (χ3n) is 6.00. The van der Waals surface area contributed by atoms with E-state index in [2.05, 4.69) is 28.1 Å². The number of fused-ring (bicyclic) bond motifs is 2. The maximum Gasteiger partial charge on any atom is 0.247 e. The maximum atomic E-state index is 13.1. The molecule has 2 aromatic rings. The zero-order valence-electron chi connectivity index (χ0n) is 17.9. The second kappa shape index (κ2) is 9.39. The van der Waals surface area contributed by atoms with E-state index in [4.69, 9.17) is 9.47 Å². The molecule has 2 aromatic carbocycles. The van der Waals surface area contributed by atoms with Crippen LogP contribution in [0.25, 0.3) is 0 Å². The molecule has 4 rings (SSSR count). The first-order valence-corrected chi connectivity index (χ1v) is 10.9. The van der Waals surface area contributed by atoms with Gasteiger partial charge in [0.15, 0.2) is 11.5 Å². The highest BCUT2D eigenvalue weighted by molar-refractivity contribution is 5.98. The van der Waals surface area contributed by atoms with E-state index in [1.165, 1.54) is 11.1 Å². The van der Waals surface area contributed by atoms with Gasteiger partial charge < -0.3 is 25.4 Å². The zero-order chi connectivity index (χ0) is 21.8. The number of anilines is 1. The number of nitrogens with one attached hydrogen (secondary N) is 3. The molecule has 2 aliphatic rings. The van der Waals surface area contributed by atoms with Gasteiger partial charge in [-0.1, -0.05) is 44.5 Å². The van der Waals surface area contributed by atoms with E-state index in [0.717, 1.165) is 6.42 Å². The van der Waals surface area contributed by atoms with Crippen LogP contribution >= 0.6 is 0 Å². The minimum Gasteiger partial charge on any atom is -0.486 e. The van der Waals surface area contributed by atoms with Gasteiger partial charge in [-0.3, -0.25) is 9.59 Å². The number of benzene rings is 2. The molecule has 2 amide bonds. The van der Waals surface area contributed by atoms with E-state index in [-0.39, 0.29) is 23.8 Å². The molecule has 0 saturated carbocycles. The smallest absolute Gasteiger partial charge is 0.247 e. The minimum absolute atomic E-state index is 0.0166. The van der Waals surface area contributed by atoms with E-state index >= 15 is 0 Å². The van der Waals surface area contributed by atoms with Gasteiger partial charge in [0.05, 0.1) is 6.04 Å². The standard InChI is InChI=1S/C24H29N3O4/c1-3-15(2)22(24(29)26-18-8-9-20-21(13-18)31-11-10-30-20)27-23(28)19-12-16-6-4-5-7-17(16)14-25-19/h4-9,13,15,19,22,25H,3,10-12,14H2,1-2H3,(H,26,29)(H,27,28). The van der Waals surface area contributed by atoms with E-state index < -0.39 is 6.04 Å². The Balaban J connectivity index is 1.43. The average Bonchev–Trinajstić information content (AvgIpc) is 2.81. The average molecular weight is 424 g/mol. The lowest BCUT2D eigenvalue weighted by molar-refractivity contribution is -0.129. The summed E-state index contributed by atoms with van der Waals surface area (Å²) < 4.78 is 11.1. The summed E-state index contributed by atoms with van der Waals surface area (Å²) in [6, 6.07) is 12.4. The lowest BCUT2D eigenvalue weighted by atomic mass is 9.94. The Labute approximate surface area is 182 Å². The third kappa shape index (κ3) is 4.82. The maximum absolute atomic E-state index is 13.1. The molecule has 0 saturated heterocycles. The Morgan fingerprint density at radius 1 is 1.10 bits per heavy atom. The molecule has 7 heteroatoms. The van der Waals surface area contributed by atoms with Crippen LogP contribution in [-0.2, 0) is 22.6 Å². The number of amides is 2. The van der Waals surface area contributed by atoms with Gasteiger partial charge in [0.25, 0.3) is 0 Å². The van der Waals surface area contributed by atoms with Crippen LogP contribution in [0.4, 0.5) is 5.69 Å². The number of hydrogen-bond acceptors (Lipinski definition) is 5. The molecule has 3 atom stereocenters. The summed E-state index contributed by atoms with van der Waals surface area (Å²) in [4.78, 5) is 26.1. The Kier molecular flexibility index (Phi) is 6.42. The highest BCUT2D eigenvalue weighted by atomic mass is 16.6. The first-order valence-electron chi connectivity index (χ1n) is 10.9. The van der Waals surface area contributed by atoms with Crippen molar-refractivity contribution in [3.8, 4) is 11.5 Å². The first kappa shape index (κ1) is 21.2. The molecule has 3 N–H and O–H groups in total.